The number of halogens is 1. The minimum atomic E-state index is -3.98. The molecule has 0 radical (unpaired) electrons. The Bertz CT molecular complexity index is 937. The van der Waals surface area contributed by atoms with Crippen molar-refractivity contribution in [2.24, 2.45) is 5.92 Å². The Morgan fingerprint density at radius 2 is 2.18 bits per heavy atom. The van der Waals surface area contributed by atoms with Crippen molar-refractivity contribution in [1.29, 1.82) is 0 Å². The molecule has 0 aliphatic carbocycles. The molecule has 0 spiro atoms. The molecule has 1 N–H and O–H groups in total. The number of piperidine rings is 1. The SMILES string of the molecule is COc1ccc(F)cc1S(=O)(=O)N1CCC[C@@H](C(=O)NCc2ccccn2)C1. The van der Waals surface area contributed by atoms with Gasteiger partial charge in [-0.05, 0) is 43.2 Å². The van der Waals surface area contributed by atoms with E-state index < -0.39 is 21.8 Å². The average Bonchev–Trinajstić information content (AvgIpc) is 2.72. The van der Waals surface area contributed by atoms with E-state index in [4.69, 9.17) is 4.74 Å². The summed E-state index contributed by atoms with van der Waals surface area (Å²) in [4.78, 5) is 16.4. The van der Waals surface area contributed by atoms with Crippen molar-refractivity contribution in [2.75, 3.05) is 20.2 Å². The lowest BCUT2D eigenvalue weighted by atomic mass is 9.99. The summed E-state index contributed by atoms with van der Waals surface area (Å²) in [5.74, 6) is -1.30. The first-order valence-electron chi connectivity index (χ1n) is 8.93. The van der Waals surface area contributed by atoms with Crippen LogP contribution in [-0.4, -0.2) is 43.8 Å². The molecule has 0 saturated carbocycles. The first-order valence-corrected chi connectivity index (χ1v) is 10.4. The molecule has 1 amide bonds. The normalized spacial score (nSPS) is 17.9. The molecule has 1 saturated heterocycles. The Kier molecular flexibility index (Phi) is 6.25. The second kappa shape index (κ2) is 8.66. The number of methoxy groups -OCH3 is 1. The Morgan fingerprint density at radius 3 is 2.89 bits per heavy atom. The maximum atomic E-state index is 13.6. The molecule has 9 heteroatoms. The van der Waals surface area contributed by atoms with Gasteiger partial charge in [-0.3, -0.25) is 9.78 Å². The molecule has 1 fully saturated rings. The number of rotatable bonds is 6. The lowest BCUT2D eigenvalue weighted by Crippen LogP contribution is -2.45. The van der Waals surface area contributed by atoms with Crippen LogP contribution in [0.15, 0.2) is 47.5 Å². The summed E-state index contributed by atoms with van der Waals surface area (Å²) in [6.07, 6.45) is 2.77. The van der Waals surface area contributed by atoms with Gasteiger partial charge in [0.15, 0.2) is 0 Å². The summed E-state index contributed by atoms with van der Waals surface area (Å²) in [5.41, 5.74) is 0.723. The minimum Gasteiger partial charge on any atom is -0.495 e. The molecule has 1 aliphatic rings. The predicted molar refractivity (Wildman–Crippen MR) is 101 cm³/mol. The van der Waals surface area contributed by atoms with Crippen molar-refractivity contribution < 1.29 is 22.3 Å². The highest BCUT2D eigenvalue weighted by molar-refractivity contribution is 7.89. The number of hydrogen-bond acceptors (Lipinski definition) is 5. The van der Waals surface area contributed by atoms with E-state index in [-0.39, 0.29) is 36.2 Å². The van der Waals surface area contributed by atoms with Gasteiger partial charge in [0.1, 0.15) is 16.5 Å². The Morgan fingerprint density at radius 1 is 1.36 bits per heavy atom. The second-order valence-electron chi connectivity index (χ2n) is 6.54. The first kappa shape index (κ1) is 20.2. The highest BCUT2D eigenvalue weighted by Crippen LogP contribution is 2.30. The van der Waals surface area contributed by atoms with E-state index in [1.807, 2.05) is 6.07 Å². The summed E-state index contributed by atoms with van der Waals surface area (Å²) >= 11 is 0. The first-order chi connectivity index (χ1) is 13.4. The van der Waals surface area contributed by atoms with Crippen molar-refractivity contribution in [1.82, 2.24) is 14.6 Å². The number of nitrogens with zero attached hydrogens (tertiary/aromatic N) is 2. The van der Waals surface area contributed by atoms with Crippen molar-refractivity contribution in [3.8, 4) is 5.75 Å². The van der Waals surface area contributed by atoms with Gasteiger partial charge < -0.3 is 10.1 Å². The van der Waals surface area contributed by atoms with Crippen LogP contribution >= 0.6 is 0 Å². The zero-order valence-electron chi connectivity index (χ0n) is 15.5. The highest BCUT2D eigenvalue weighted by Gasteiger charge is 2.35. The topological polar surface area (TPSA) is 88.6 Å². The van der Waals surface area contributed by atoms with Crippen molar-refractivity contribution in [2.45, 2.75) is 24.3 Å². The molecule has 7 nitrogen and oxygen atoms in total. The third-order valence-electron chi connectivity index (χ3n) is 4.67. The number of hydrogen-bond donors (Lipinski definition) is 1. The number of carbonyl (C=O) groups is 1. The number of aromatic nitrogens is 1. The maximum Gasteiger partial charge on any atom is 0.246 e. The molecular formula is C19H22FN3O4S. The lowest BCUT2D eigenvalue weighted by Gasteiger charge is -2.31. The third kappa shape index (κ3) is 4.48. The van der Waals surface area contributed by atoms with Crippen LogP contribution in [0.4, 0.5) is 4.39 Å². The zero-order chi connectivity index (χ0) is 20.1. The molecule has 150 valence electrons. The number of sulfonamides is 1. The van der Waals surface area contributed by atoms with Crippen LogP contribution in [0.25, 0.3) is 0 Å². The van der Waals surface area contributed by atoms with Crippen molar-refractivity contribution in [3.05, 3.63) is 54.1 Å². The summed E-state index contributed by atoms with van der Waals surface area (Å²) in [6, 6.07) is 8.78. The maximum absolute atomic E-state index is 13.6. The number of benzene rings is 1. The molecule has 1 aliphatic heterocycles. The van der Waals surface area contributed by atoms with Crippen LogP contribution < -0.4 is 10.1 Å². The van der Waals surface area contributed by atoms with Gasteiger partial charge >= 0.3 is 0 Å². The molecule has 2 heterocycles. The lowest BCUT2D eigenvalue weighted by molar-refractivity contribution is -0.126. The Balaban J connectivity index is 1.72. The second-order valence-corrected chi connectivity index (χ2v) is 8.44. The largest absolute Gasteiger partial charge is 0.495 e. The number of carbonyl (C=O) groups excluding carboxylic acids is 1. The van der Waals surface area contributed by atoms with Crippen LogP contribution in [-0.2, 0) is 21.4 Å². The average molecular weight is 407 g/mol. The standard InChI is InChI=1S/C19H22FN3O4S/c1-27-17-8-7-15(20)11-18(17)28(25,26)23-10-4-5-14(13-23)19(24)22-12-16-6-2-3-9-21-16/h2-3,6-9,11,14H,4-5,10,12-13H2,1H3,(H,22,24)/t14-/m1/s1. The van der Waals surface area contributed by atoms with Gasteiger partial charge in [0.05, 0.1) is 25.3 Å². The van der Waals surface area contributed by atoms with Gasteiger partial charge in [-0.2, -0.15) is 4.31 Å². The molecule has 28 heavy (non-hydrogen) atoms. The van der Waals surface area contributed by atoms with E-state index in [0.29, 0.717) is 12.8 Å². The molecule has 1 aromatic carbocycles. The predicted octanol–water partition coefficient (Wildman–Crippen LogP) is 1.95. The van der Waals surface area contributed by atoms with Crippen LogP contribution in [0.3, 0.4) is 0 Å². The van der Waals surface area contributed by atoms with E-state index in [9.17, 15) is 17.6 Å². The molecule has 1 atom stereocenters. The number of nitrogens with one attached hydrogen (secondary N) is 1. The number of pyridine rings is 1. The van der Waals surface area contributed by atoms with E-state index >= 15 is 0 Å². The van der Waals surface area contributed by atoms with Gasteiger partial charge in [0.25, 0.3) is 0 Å². The molecule has 2 aromatic rings. The Hall–Kier alpha value is -2.52. The van der Waals surface area contributed by atoms with Gasteiger partial charge in [-0.15, -0.1) is 0 Å². The van der Waals surface area contributed by atoms with E-state index in [1.165, 1.54) is 17.5 Å². The summed E-state index contributed by atoms with van der Waals surface area (Å²) in [6.45, 7) is 0.586. The van der Waals surface area contributed by atoms with Crippen LogP contribution in [0.5, 0.6) is 5.75 Å². The monoisotopic (exact) mass is 407 g/mol. The smallest absolute Gasteiger partial charge is 0.246 e. The van der Waals surface area contributed by atoms with E-state index in [0.717, 1.165) is 17.8 Å². The van der Waals surface area contributed by atoms with E-state index in [1.54, 1.807) is 18.3 Å². The molecular weight excluding hydrogens is 385 g/mol. The van der Waals surface area contributed by atoms with Crippen LogP contribution in [0.1, 0.15) is 18.5 Å². The quantitative estimate of drug-likeness (QED) is 0.791. The Labute approximate surface area is 163 Å². The fraction of sp³-hybridized carbons (Fsp3) is 0.368. The van der Waals surface area contributed by atoms with Gasteiger partial charge in [-0.25, -0.2) is 12.8 Å². The zero-order valence-corrected chi connectivity index (χ0v) is 16.3. The fourth-order valence-corrected chi connectivity index (χ4v) is 4.88. The summed E-state index contributed by atoms with van der Waals surface area (Å²) in [5, 5.41) is 2.80. The van der Waals surface area contributed by atoms with Crippen molar-refractivity contribution >= 4 is 15.9 Å². The number of amides is 1. The third-order valence-corrected chi connectivity index (χ3v) is 6.55. The molecule has 0 unspecified atom stereocenters. The van der Waals surface area contributed by atoms with Crippen LogP contribution in [0.2, 0.25) is 0 Å². The van der Waals surface area contributed by atoms with Crippen LogP contribution in [0, 0.1) is 11.7 Å². The fourth-order valence-electron chi connectivity index (χ4n) is 3.19. The van der Waals surface area contributed by atoms with Gasteiger partial charge in [0, 0.05) is 19.3 Å². The summed E-state index contributed by atoms with van der Waals surface area (Å²) in [7, 11) is -2.66. The minimum absolute atomic E-state index is 0.0378. The van der Waals surface area contributed by atoms with Crippen molar-refractivity contribution in [3.63, 3.8) is 0 Å². The highest BCUT2D eigenvalue weighted by atomic mass is 32.2. The molecule has 0 bridgehead atoms. The molecule has 3 rings (SSSR count). The summed E-state index contributed by atoms with van der Waals surface area (Å²) < 4.78 is 45.9. The van der Waals surface area contributed by atoms with Gasteiger partial charge in [-0.1, -0.05) is 6.07 Å². The number of ether oxygens (including phenoxy) is 1. The van der Waals surface area contributed by atoms with E-state index in [2.05, 4.69) is 10.3 Å². The molecule has 1 aromatic heterocycles. The van der Waals surface area contributed by atoms with Gasteiger partial charge in [0.2, 0.25) is 15.9 Å².